The quantitative estimate of drug-likeness (QED) is 0.816. The minimum Gasteiger partial charge on any atom is -0.399 e. The van der Waals surface area contributed by atoms with Crippen LogP contribution in [0, 0.1) is 12.8 Å². The molecule has 122 valence electrons. The molecule has 0 bridgehead atoms. The smallest absolute Gasteiger partial charge is 0.257 e. The molecule has 0 saturated carbocycles. The number of carbonyl (C=O) groups is 1. The van der Waals surface area contributed by atoms with Crippen molar-refractivity contribution in [3.63, 3.8) is 0 Å². The molecule has 1 aromatic carbocycles. The van der Waals surface area contributed by atoms with Crippen molar-refractivity contribution in [1.82, 2.24) is 9.55 Å². The molecule has 0 aliphatic carbocycles. The predicted octanol–water partition coefficient (Wildman–Crippen LogP) is 1.48. The van der Waals surface area contributed by atoms with Crippen LogP contribution >= 0.6 is 0 Å². The van der Waals surface area contributed by atoms with E-state index < -0.39 is 5.91 Å². The van der Waals surface area contributed by atoms with E-state index in [1.165, 1.54) is 0 Å². The molecule has 4 N–H and O–H groups in total. The average Bonchev–Trinajstić information content (AvgIpc) is 2.45. The zero-order valence-electron chi connectivity index (χ0n) is 13.7. The first kappa shape index (κ1) is 16.7. The number of carbonyl (C=O) groups excluding carboxylic acids is 1. The second-order valence-corrected chi connectivity index (χ2v) is 6.06. The molecule has 0 saturated heterocycles. The van der Waals surface area contributed by atoms with Crippen LogP contribution in [0.2, 0.25) is 0 Å². The summed E-state index contributed by atoms with van der Waals surface area (Å²) in [6.07, 6.45) is -0.145. The van der Waals surface area contributed by atoms with Gasteiger partial charge in [0.2, 0.25) is 5.91 Å². The third-order valence-corrected chi connectivity index (χ3v) is 3.51. The number of nitrogen functional groups attached to an aromatic ring is 1. The fourth-order valence-electron chi connectivity index (χ4n) is 2.54. The average molecular weight is 314 g/mol. The first-order valence-electron chi connectivity index (χ1n) is 7.54. The second-order valence-electron chi connectivity index (χ2n) is 6.06. The molecule has 1 amide bonds. The van der Waals surface area contributed by atoms with Gasteiger partial charge in [-0.15, -0.1) is 0 Å². The second kappa shape index (κ2) is 6.64. The summed E-state index contributed by atoms with van der Waals surface area (Å²) < 4.78 is 1.60. The van der Waals surface area contributed by atoms with Crippen molar-refractivity contribution in [3.05, 3.63) is 46.0 Å². The number of primary amides is 1. The summed E-state index contributed by atoms with van der Waals surface area (Å²) in [4.78, 5) is 28.8. The van der Waals surface area contributed by atoms with E-state index in [4.69, 9.17) is 11.5 Å². The van der Waals surface area contributed by atoms with Crippen LogP contribution in [-0.2, 0) is 17.8 Å². The topological polar surface area (TPSA) is 104 Å². The van der Waals surface area contributed by atoms with Crippen LogP contribution in [0.1, 0.15) is 25.2 Å². The molecule has 1 aromatic heterocycles. The number of hydrogen-bond donors (Lipinski definition) is 2. The van der Waals surface area contributed by atoms with E-state index in [0.29, 0.717) is 34.9 Å². The Labute approximate surface area is 135 Å². The predicted molar refractivity (Wildman–Crippen MR) is 90.8 cm³/mol. The highest BCUT2D eigenvalue weighted by Crippen LogP contribution is 2.22. The monoisotopic (exact) mass is 314 g/mol. The third kappa shape index (κ3) is 3.77. The van der Waals surface area contributed by atoms with Gasteiger partial charge in [0.05, 0.1) is 17.7 Å². The lowest BCUT2D eigenvalue weighted by molar-refractivity contribution is -0.117. The molecule has 2 rings (SSSR count). The van der Waals surface area contributed by atoms with Crippen molar-refractivity contribution >= 4 is 11.6 Å². The summed E-state index contributed by atoms with van der Waals surface area (Å²) in [5.41, 5.74) is 13.0. The van der Waals surface area contributed by atoms with E-state index in [1.807, 2.05) is 19.9 Å². The molecule has 0 aliphatic rings. The largest absolute Gasteiger partial charge is 0.399 e. The van der Waals surface area contributed by atoms with Crippen LogP contribution in [-0.4, -0.2) is 15.5 Å². The molecule has 1 heterocycles. The molecule has 0 fully saturated rings. The van der Waals surface area contributed by atoms with Gasteiger partial charge in [-0.05, 0) is 25.0 Å². The van der Waals surface area contributed by atoms with Gasteiger partial charge in [0, 0.05) is 17.8 Å². The van der Waals surface area contributed by atoms with Gasteiger partial charge >= 0.3 is 0 Å². The third-order valence-electron chi connectivity index (χ3n) is 3.51. The number of hydrogen-bond acceptors (Lipinski definition) is 4. The van der Waals surface area contributed by atoms with Gasteiger partial charge in [0.1, 0.15) is 5.82 Å². The van der Waals surface area contributed by atoms with Crippen LogP contribution in [0.4, 0.5) is 5.69 Å². The Balaban J connectivity index is 2.71. The Morgan fingerprint density at radius 3 is 2.61 bits per heavy atom. The molecule has 6 heteroatoms. The highest BCUT2D eigenvalue weighted by molar-refractivity contribution is 5.79. The van der Waals surface area contributed by atoms with E-state index in [-0.39, 0.29) is 17.9 Å². The lowest BCUT2D eigenvalue weighted by Crippen LogP contribution is -2.32. The molecule has 0 atom stereocenters. The van der Waals surface area contributed by atoms with Crippen LogP contribution in [0.5, 0.6) is 0 Å². The van der Waals surface area contributed by atoms with Crippen LogP contribution < -0.4 is 17.0 Å². The van der Waals surface area contributed by atoms with E-state index in [9.17, 15) is 9.59 Å². The standard InChI is InChI=1S/C17H22N4O2/c1-10(2)9-21-11(3)20-16(12-5-4-6-13(18)7-12)14(17(21)23)8-15(19)22/h4-7,10H,8-9,18H2,1-3H3,(H2,19,22). The summed E-state index contributed by atoms with van der Waals surface area (Å²) >= 11 is 0. The normalized spacial score (nSPS) is 11.0. The van der Waals surface area contributed by atoms with Gasteiger partial charge in [0.25, 0.3) is 5.56 Å². The summed E-state index contributed by atoms with van der Waals surface area (Å²) in [5.74, 6) is 0.330. The Kier molecular flexibility index (Phi) is 4.83. The zero-order valence-corrected chi connectivity index (χ0v) is 13.7. The highest BCUT2D eigenvalue weighted by Gasteiger charge is 2.18. The summed E-state index contributed by atoms with van der Waals surface area (Å²) in [5, 5.41) is 0. The molecule has 2 aromatic rings. The van der Waals surface area contributed by atoms with Crippen molar-refractivity contribution < 1.29 is 4.79 Å². The Morgan fingerprint density at radius 2 is 2.04 bits per heavy atom. The van der Waals surface area contributed by atoms with Crippen molar-refractivity contribution in [2.45, 2.75) is 33.7 Å². The minimum atomic E-state index is -0.561. The summed E-state index contributed by atoms with van der Waals surface area (Å²) in [7, 11) is 0. The van der Waals surface area contributed by atoms with Crippen molar-refractivity contribution in [1.29, 1.82) is 0 Å². The van der Waals surface area contributed by atoms with Gasteiger partial charge in [-0.2, -0.15) is 0 Å². The molecule has 0 radical (unpaired) electrons. The summed E-state index contributed by atoms with van der Waals surface area (Å²) in [6.45, 7) is 6.37. The number of benzene rings is 1. The summed E-state index contributed by atoms with van der Waals surface area (Å²) in [6, 6.07) is 7.09. The number of nitrogens with zero attached hydrogens (tertiary/aromatic N) is 2. The zero-order chi connectivity index (χ0) is 17.1. The Morgan fingerprint density at radius 1 is 1.35 bits per heavy atom. The van der Waals surface area contributed by atoms with Gasteiger partial charge in [-0.25, -0.2) is 4.98 Å². The molecular weight excluding hydrogens is 292 g/mol. The lowest BCUT2D eigenvalue weighted by Gasteiger charge is -2.16. The fourth-order valence-corrected chi connectivity index (χ4v) is 2.54. The molecule has 6 nitrogen and oxygen atoms in total. The molecule has 0 unspecified atom stereocenters. The Bertz CT molecular complexity index is 794. The molecule has 23 heavy (non-hydrogen) atoms. The lowest BCUT2D eigenvalue weighted by atomic mass is 10.0. The maximum absolute atomic E-state index is 12.8. The van der Waals surface area contributed by atoms with Crippen molar-refractivity contribution in [2.24, 2.45) is 11.7 Å². The van der Waals surface area contributed by atoms with Crippen molar-refractivity contribution in [3.8, 4) is 11.3 Å². The minimum absolute atomic E-state index is 0.145. The van der Waals surface area contributed by atoms with E-state index in [1.54, 1.807) is 29.7 Å². The van der Waals surface area contributed by atoms with Crippen LogP contribution in [0.15, 0.2) is 29.1 Å². The first-order valence-corrected chi connectivity index (χ1v) is 7.54. The number of amides is 1. The number of anilines is 1. The maximum atomic E-state index is 12.8. The molecule has 0 aliphatic heterocycles. The van der Waals surface area contributed by atoms with E-state index in [2.05, 4.69) is 4.98 Å². The number of aromatic nitrogens is 2. The first-order chi connectivity index (χ1) is 10.8. The fraction of sp³-hybridized carbons (Fsp3) is 0.353. The number of nitrogens with two attached hydrogens (primary N) is 2. The molecular formula is C17H22N4O2. The Hall–Kier alpha value is -2.63. The van der Waals surface area contributed by atoms with Crippen LogP contribution in [0.3, 0.4) is 0 Å². The highest BCUT2D eigenvalue weighted by atomic mass is 16.1. The van der Waals surface area contributed by atoms with E-state index in [0.717, 1.165) is 0 Å². The number of rotatable bonds is 5. The molecule has 0 spiro atoms. The number of aryl methyl sites for hydroxylation is 1. The van der Waals surface area contributed by atoms with Gasteiger partial charge in [-0.1, -0.05) is 26.0 Å². The van der Waals surface area contributed by atoms with Crippen LogP contribution in [0.25, 0.3) is 11.3 Å². The van der Waals surface area contributed by atoms with Crippen molar-refractivity contribution in [2.75, 3.05) is 5.73 Å². The maximum Gasteiger partial charge on any atom is 0.257 e. The SMILES string of the molecule is Cc1nc(-c2cccc(N)c2)c(CC(N)=O)c(=O)n1CC(C)C. The van der Waals surface area contributed by atoms with Gasteiger partial charge in [-0.3, -0.25) is 14.2 Å². The van der Waals surface area contributed by atoms with Gasteiger partial charge in [0.15, 0.2) is 0 Å². The van der Waals surface area contributed by atoms with E-state index >= 15 is 0 Å². The van der Waals surface area contributed by atoms with Gasteiger partial charge < -0.3 is 11.5 Å².